The van der Waals surface area contributed by atoms with Crippen molar-refractivity contribution >= 4 is 52.3 Å². The fourth-order valence-corrected chi connectivity index (χ4v) is 2.67. The van der Waals surface area contributed by atoms with Crippen LogP contribution in [0.2, 0.25) is 15.1 Å². The molecule has 0 radical (unpaired) electrons. The number of nitrogens with one attached hydrogen (secondary N) is 1. The summed E-state index contributed by atoms with van der Waals surface area (Å²) in [5.41, 5.74) is 6.77. The number of hydrogen-bond acceptors (Lipinski definition) is 4. The van der Waals surface area contributed by atoms with E-state index in [2.05, 4.69) is 15.3 Å². The van der Waals surface area contributed by atoms with E-state index >= 15 is 0 Å². The highest BCUT2D eigenvalue weighted by atomic mass is 35.5. The average Bonchev–Trinajstić information content (AvgIpc) is 3.28. The van der Waals surface area contributed by atoms with Gasteiger partial charge in [-0.25, -0.2) is 9.97 Å². The zero-order chi connectivity index (χ0) is 15.9. The summed E-state index contributed by atoms with van der Waals surface area (Å²) < 4.78 is 0. The molecule has 0 atom stereocenters. The highest BCUT2D eigenvalue weighted by Gasteiger charge is 2.30. The molecule has 1 fully saturated rings. The predicted molar refractivity (Wildman–Crippen MR) is 88.3 cm³/mol. The van der Waals surface area contributed by atoms with Crippen molar-refractivity contribution in [1.29, 1.82) is 0 Å². The summed E-state index contributed by atoms with van der Waals surface area (Å²) in [6, 6.07) is 3.14. The first-order valence-electron chi connectivity index (χ1n) is 6.54. The maximum Gasteiger partial charge on any atom is 0.228 e. The number of halogens is 3. The molecule has 5 nitrogen and oxygen atoms in total. The van der Waals surface area contributed by atoms with Crippen molar-refractivity contribution in [1.82, 2.24) is 9.97 Å². The molecule has 3 rings (SSSR count). The molecule has 1 saturated carbocycles. The third-order valence-corrected chi connectivity index (χ3v) is 4.27. The molecule has 3 N–H and O–H groups in total. The number of anilines is 2. The van der Waals surface area contributed by atoms with Crippen molar-refractivity contribution in [2.75, 3.05) is 11.1 Å². The predicted octanol–water partition coefficient (Wildman–Crippen LogP) is 4.03. The van der Waals surface area contributed by atoms with Crippen LogP contribution in [0.25, 0.3) is 11.3 Å². The SMILES string of the molecule is Nc1nc(NC(=O)C2CC2)cnc1-c1cc(Cl)cc(Cl)c1Cl. The molecule has 114 valence electrons. The largest absolute Gasteiger partial charge is 0.382 e. The van der Waals surface area contributed by atoms with Gasteiger partial charge >= 0.3 is 0 Å². The van der Waals surface area contributed by atoms with Crippen molar-refractivity contribution in [3.8, 4) is 11.3 Å². The van der Waals surface area contributed by atoms with Gasteiger partial charge in [-0.3, -0.25) is 4.79 Å². The lowest BCUT2D eigenvalue weighted by Gasteiger charge is -2.10. The van der Waals surface area contributed by atoms with Crippen molar-refractivity contribution in [3.63, 3.8) is 0 Å². The van der Waals surface area contributed by atoms with Crippen LogP contribution in [0.4, 0.5) is 11.6 Å². The van der Waals surface area contributed by atoms with E-state index in [-0.39, 0.29) is 17.6 Å². The van der Waals surface area contributed by atoms with Crippen LogP contribution in [0.1, 0.15) is 12.8 Å². The average molecular weight is 358 g/mol. The number of benzene rings is 1. The van der Waals surface area contributed by atoms with Crippen LogP contribution in [0.15, 0.2) is 18.3 Å². The fourth-order valence-electron chi connectivity index (χ4n) is 1.97. The fraction of sp³-hybridized carbons (Fsp3) is 0.214. The Labute approximate surface area is 141 Å². The highest BCUT2D eigenvalue weighted by molar-refractivity contribution is 6.45. The lowest BCUT2D eigenvalue weighted by molar-refractivity contribution is -0.117. The second-order valence-electron chi connectivity index (χ2n) is 5.00. The van der Waals surface area contributed by atoms with Gasteiger partial charge in [0.25, 0.3) is 0 Å². The van der Waals surface area contributed by atoms with Gasteiger partial charge in [-0.2, -0.15) is 0 Å². The van der Waals surface area contributed by atoms with Crippen molar-refractivity contribution in [2.24, 2.45) is 5.92 Å². The monoisotopic (exact) mass is 356 g/mol. The Hall–Kier alpha value is -1.56. The number of aromatic nitrogens is 2. The number of nitrogens with zero attached hydrogens (tertiary/aromatic N) is 2. The Morgan fingerprint density at radius 3 is 2.64 bits per heavy atom. The number of hydrogen-bond donors (Lipinski definition) is 2. The minimum absolute atomic E-state index is 0.0646. The molecule has 0 saturated heterocycles. The summed E-state index contributed by atoms with van der Waals surface area (Å²) in [6.07, 6.45) is 3.24. The molecule has 1 heterocycles. The quantitative estimate of drug-likeness (QED) is 0.812. The van der Waals surface area contributed by atoms with E-state index in [0.29, 0.717) is 32.1 Å². The van der Waals surface area contributed by atoms with E-state index in [1.165, 1.54) is 12.3 Å². The molecule has 1 aromatic heterocycles. The van der Waals surface area contributed by atoms with Crippen molar-refractivity contribution < 1.29 is 4.79 Å². The Morgan fingerprint density at radius 2 is 2.00 bits per heavy atom. The first-order chi connectivity index (χ1) is 10.5. The minimum Gasteiger partial charge on any atom is -0.382 e. The third-order valence-electron chi connectivity index (χ3n) is 3.25. The van der Waals surface area contributed by atoms with Gasteiger partial charge in [-0.1, -0.05) is 34.8 Å². The van der Waals surface area contributed by atoms with Crippen LogP contribution >= 0.6 is 34.8 Å². The normalized spacial score (nSPS) is 14.0. The van der Waals surface area contributed by atoms with Gasteiger partial charge in [-0.05, 0) is 25.0 Å². The zero-order valence-corrected chi connectivity index (χ0v) is 13.5. The van der Waals surface area contributed by atoms with Crippen LogP contribution in [-0.4, -0.2) is 15.9 Å². The Kier molecular flexibility index (Phi) is 4.12. The molecular formula is C14H11Cl3N4O. The van der Waals surface area contributed by atoms with Gasteiger partial charge < -0.3 is 11.1 Å². The molecule has 0 aliphatic heterocycles. The van der Waals surface area contributed by atoms with Crippen LogP contribution in [0, 0.1) is 5.92 Å². The standard InChI is InChI=1S/C14H11Cl3N4O/c15-7-3-8(11(17)9(16)4-7)12-13(18)20-10(5-19-12)21-14(22)6-1-2-6/h3-6H,1-2H2,(H3,18,20,21,22). The maximum atomic E-state index is 11.7. The molecule has 1 aliphatic rings. The van der Waals surface area contributed by atoms with Crippen LogP contribution in [-0.2, 0) is 4.79 Å². The highest BCUT2D eigenvalue weighted by Crippen LogP contribution is 2.37. The number of rotatable bonds is 3. The maximum absolute atomic E-state index is 11.7. The van der Waals surface area contributed by atoms with Gasteiger partial charge in [0, 0.05) is 16.5 Å². The smallest absolute Gasteiger partial charge is 0.228 e. The number of nitrogen functional groups attached to an aromatic ring is 1. The zero-order valence-electron chi connectivity index (χ0n) is 11.2. The number of carbonyl (C=O) groups excluding carboxylic acids is 1. The van der Waals surface area contributed by atoms with E-state index in [9.17, 15) is 4.79 Å². The molecule has 1 aromatic carbocycles. The summed E-state index contributed by atoms with van der Waals surface area (Å²) in [6.45, 7) is 0. The van der Waals surface area contributed by atoms with Crippen molar-refractivity contribution in [3.05, 3.63) is 33.4 Å². The second-order valence-corrected chi connectivity index (χ2v) is 6.22. The summed E-state index contributed by atoms with van der Waals surface area (Å²) in [7, 11) is 0. The van der Waals surface area contributed by atoms with Crippen LogP contribution in [0.5, 0.6) is 0 Å². The van der Waals surface area contributed by atoms with Gasteiger partial charge in [0.1, 0.15) is 5.69 Å². The number of carbonyl (C=O) groups is 1. The molecule has 8 heteroatoms. The van der Waals surface area contributed by atoms with E-state index in [1.54, 1.807) is 6.07 Å². The van der Waals surface area contributed by atoms with E-state index < -0.39 is 0 Å². The lowest BCUT2D eigenvalue weighted by Crippen LogP contribution is -2.15. The van der Waals surface area contributed by atoms with E-state index in [0.717, 1.165) is 12.8 Å². The molecule has 0 unspecified atom stereocenters. The van der Waals surface area contributed by atoms with E-state index in [1.807, 2.05) is 0 Å². The van der Waals surface area contributed by atoms with Crippen molar-refractivity contribution in [2.45, 2.75) is 12.8 Å². The Balaban J connectivity index is 1.93. The van der Waals surface area contributed by atoms with Gasteiger partial charge in [0.15, 0.2) is 11.6 Å². The minimum atomic E-state index is -0.0646. The topological polar surface area (TPSA) is 80.9 Å². The summed E-state index contributed by atoms with van der Waals surface area (Å²) in [5.74, 6) is 0.449. The van der Waals surface area contributed by atoms with E-state index in [4.69, 9.17) is 40.5 Å². The Morgan fingerprint density at radius 1 is 1.27 bits per heavy atom. The number of amides is 1. The summed E-state index contributed by atoms with van der Waals surface area (Å²) >= 11 is 18.1. The van der Waals surface area contributed by atoms with Gasteiger partial charge in [-0.15, -0.1) is 0 Å². The molecule has 2 aromatic rings. The summed E-state index contributed by atoms with van der Waals surface area (Å²) in [4.78, 5) is 20.1. The van der Waals surface area contributed by atoms with Crippen LogP contribution < -0.4 is 11.1 Å². The number of nitrogens with two attached hydrogens (primary N) is 1. The molecule has 1 aliphatic carbocycles. The Bertz CT molecular complexity index is 762. The van der Waals surface area contributed by atoms with Gasteiger partial charge in [0.2, 0.25) is 5.91 Å². The third kappa shape index (κ3) is 3.11. The molecule has 0 spiro atoms. The van der Waals surface area contributed by atoms with Gasteiger partial charge in [0.05, 0.1) is 16.2 Å². The molecule has 1 amide bonds. The molecule has 0 bridgehead atoms. The first kappa shape index (κ1) is 15.3. The molecular weight excluding hydrogens is 347 g/mol. The molecule has 22 heavy (non-hydrogen) atoms. The van der Waals surface area contributed by atoms with Crippen LogP contribution in [0.3, 0.4) is 0 Å². The second kappa shape index (κ2) is 5.91. The summed E-state index contributed by atoms with van der Waals surface area (Å²) in [5, 5.41) is 3.69. The lowest BCUT2D eigenvalue weighted by atomic mass is 10.1. The first-order valence-corrected chi connectivity index (χ1v) is 7.67.